The third-order valence-electron chi connectivity index (χ3n) is 10.2. The molecule has 2 saturated heterocycles. The summed E-state index contributed by atoms with van der Waals surface area (Å²) in [5.74, 6) is -2.31. The van der Waals surface area contributed by atoms with Gasteiger partial charge in [-0.1, -0.05) is 37.3 Å². The molecular weight excluding hydrogens is 486 g/mol. The quantitative estimate of drug-likeness (QED) is 0.401. The fraction of sp³-hybridized carbons (Fsp3) is 0.500. The second-order valence-corrected chi connectivity index (χ2v) is 12.2. The lowest BCUT2D eigenvalue weighted by atomic mass is 9.44. The van der Waals surface area contributed by atoms with Crippen molar-refractivity contribution in [3.05, 3.63) is 53.6 Å². The van der Waals surface area contributed by atoms with Gasteiger partial charge in [0.15, 0.2) is 5.75 Å². The van der Waals surface area contributed by atoms with Crippen LogP contribution >= 0.6 is 0 Å². The van der Waals surface area contributed by atoms with Gasteiger partial charge < -0.3 is 25.4 Å². The first-order valence-electron chi connectivity index (χ1n) is 13.3. The van der Waals surface area contributed by atoms with E-state index in [1.807, 2.05) is 25.1 Å². The molecule has 7 rings (SSSR count). The number of phenolic OH excluding ortho intramolecular Hbond substituents is 1. The van der Waals surface area contributed by atoms with Crippen molar-refractivity contribution < 1.29 is 34.4 Å². The average molecular weight is 520 g/mol. The van der Waals surface area contributed by atoms with Crippen LogP contribution in [-0.2, 0) is 14.3 Å². The molecule has 2 heterocycles. The first-order valence-corrected chi connectivity index (χ1v) is 13.3. The molecule has 2 aromatic carbocycles. The van der Waals surface area contributed by atoms with Gasteiger partial charge in [0, 0.05) is 24.2 Å². The lowest BCUT2D eigenvalue weighted by Crippen LogP contribution is -2.61. The Morgan fingerprint density at radius 3 is 2.53 bits per heavy atom. The fourth-order valence-corrected chi connectivity index (χ4v) is 8.70. The molecule has 200 valence electrons. The number of ketones is 1. The van der Waals surface area contributed by atoms with E-state index in [2.05, 4.69) is 24.4 Å². The van der Waals surface area contributed by atoms with Gasteiger partial charge in [-0.15, -0.1) is 0 Å². The first kappa shape index (κ1) is 24.9. The van der Waals surface area contributed by atoms with E-state index in [1.54, 1.807) is 0 Å². The number of amides is 1. The van der Waals surface area contributed by atoms with Crippen LogP contribution in [-0.4, -0.2) is 44.7 Å². The van der Waals surface area contributed by atoms with E-state index in [1.165, 1.54) is 5.56 Å². The Balaban J connectivity index is 1.28. The largest absolute Gasteiger partial charge is 0.506 e. The van der Waals surface area contributed by atoms with Crippen molar-refractivity contribution in [2.45, 2.75) is 70.0 Å². The van der Waals surface area contributed by atoms with Crippen molar-refractivity contribution >= 4 is 23.3 Å². The number of hydrogen-bond donors (Lipinski definition) is 4. The molecule has 3 aliphatic carbocycles. The van der Waals surface area contributed by atoms with Crippen LogP contribution in [0, 0.1) is 22.7 Å². The summed E-state index contributed by atoms with van der Waals surface area (Å²) in [5, 5.41) is 32.2. The van der Waals surface area contributed by atoms with Gasteiger partial charge in [-0.2, -0.15) is 0 Å². The number of carbonyl (C=O) groups is 3. The molecule has 38 heavy (non-hydrogen) atoms. The zero-order valence-electron chi connectivity index (χ0n) is 21.6. The minimum Gasteiger partial charge on any atom is -0.506 e. The second-order valence-electron chi connectivity index (χ2n) is 12.2. The van der Waals surface area contributed by atoms with Gasteiger partial charge in [-0.3, -0.25) is 9.59 Å². The summed E-state index contributed by atoms with van der Waals surface area (Å²) in [6.07, 6.45) is 3.53. The number of aromatic hydroxyl groups is 2. The topological polar surface area (TPSA) is 133 Å². The lowest BCUT2D eigenvalue weighted by molar-refractivity contribution is -0.196. The number of ether oxygens (including phenoxy) is 1. The van der Waals surface area contributed by atoms with Crippen LogP contribution in [0.1, 0.15) is 74.2 Å². The monoisotopic (exact) mass is 519 g/mol. The number of carboxylic acids is 1. The number of Topliss-reactive ketones (excluding diaryl/α,β-unsaturated/α-hetero) is 1. The Morgan fingerprint density at radius 1 is 1.11 bits per heavy atom. The van der Waals surface area contributed by atoms with E-state index in [9.17, 15) is 29.7 Å². The van der Waals surface area contributed by atoms with E-state index in [4.69, 9.17) is 4.74 Å². The Morgan fingerprint density at radius 2 is 1.84 bits per heavy atom. The summed E-state index contributed by atoms with van der Waals surface area (Å²) >= 11 is 0. The van der Waals surface area contributed by atoms with Crippen molar-refractivity contribution in [1.82, 2.24) is 0 Å². The Hall–Kier alpha value is -3.39. The normalized spacial score (nSPS) is 36.7. The molecule has 8 nitrogen and oxygen atoms in total. The Bertz CT molecular complexity index is 1340. The molecule has 3 saturated carbocycles. The van der Waals surface area contributed by atoms with Gasteiger partial charge in [0.25, 0.3) is 0 Å². The highest BCUT2D eigenvalue weighted by Gasteiger charge is 2.75. The minimum atomic E-state index is -1.38. The number of aromatic carboxylic acids is 1. The van der Waals surface area contributed by atoms with E-state index in [0.29, 0.717) is 18.8 Å². The predicted molar refractivity (Wildman–Crippen MR) is 138 cm³/mol. The van der Waals surface area contributed by atoms with Gasteiger partial charge in [0.2, 0.25) is 5.91 Å². The predicted octanol–water partition coefficient (Wildman–Crippen LogP) is 4.85. The standard InChI is InChI=1S/C30H33NO7/c1-28(11-10-23(34)31-24-20(32)9-8-18(25(24)35)27(36)37)22(33)13-19(16-6-4-3-5-7-16)30-14-17-12-21(26(28)30)38-29(17,2)15-30/h3-9,17,19,21,26,32,35H,10-15H2,1-2H3,(H,31,34)(H,36,37)/t17?,19?,21?,26?,28-,29?,30?/m1/s1. The molecule has 4 N–H and O–H groups in total. The number of nitrogens with one attached hydrogen (secondary N) is 1. The minimum absolute atomic E-state index is 0.0155. The number of phenols is 2. The van der Waals surface area contributed by atoms with Crippen LogP contribution in [0.3, 0.4) is 0 Å². The van der Waals surface area contributed by atoms with Crippen LogP contribution in [0.4, 0.5) is 5.69 Å². The van der Waals surface area contributed by atoms with Crippen molar-refractivity contribution in [2.24, 2.45) is 22.7 Å². The molecule has 4 bridgehead atoms. The maximum Gasteiger partial charge on any atom is 0.339 e. The van der Waals surface area contributed by atoms with Gasteiger partial charge in [0.1, 0.15) is 22.8 Å². The molecule has 5 fully saturated rings. The Labute approximate surface area is 221 Å². The van der Waals surface area contributed by atoms with E-state index in [0.717, 1.165) is 31.4 Å². The third-order valence-corrected chi connectivity index (χ3v) is 10.2. The van der Waals surface area contributed by atoms with Crippen LogP contribution < -0.4 is 5.32 Å². The molecule has 0 aromatic heterocycles. The van der Waals surface area contributed by atoms with Crippen molar-refractivity contribution in [1.29, 1.82) is 0 Å². The maximum atomic E-state index is 13.9. The van der Waals surface area contributed by atoms with Crippen molar-refractivity contribution in [2.75, 3.05) is 5.32 Å². The average Bonchev–Trinajstić information content (AvgIpc) is 3.24. The SMILES string of the molecule is CC12CC34CC1CC(O2)C3[C@](C)(CCC(=O)Nc1c(O)ccc(C(=O)O)c1O)C(=O)CC4c1ccccc1. The zero-order valence-corrected chi connectivity index (χ0v) is 21.6. The van der Waals surface area contributed by atoms with Gasteiger partial charge in [0.05, 0.1) is 11.7 Å². The van der Waals surface area contributed by atoms with Crippen LogP contribution in [0.25, 0.3) is 0 Å². The van der Waals surface area contributed by atoms with Gasteiger partial charge in [-0.25, -0.2) is 4.79 Å². The highest BCUT2D eigenvalue weighted by atomic mass is 16.5. The molecule has 5 aliphatic rings. The first-order chi connectivity index (χ1) is 18.0. The summed E-state index contributed by atoms with van der Waals surface area (Å²) in [7, 11) is 0. The summed E-state index contributed by atoms with van der Waals surface area (Å²) in [4.78, 5) is 38.3. The third kappa shape index (κ3) is 3.42. The summed E-state index contributed by atoms with van der Waals surface area (Å²) < 4.78 is 6.63. The highest BCUT2D eigenvalue weighted by Crippen LogP contribution is 2.76. The molecule has 8 heteroatoms. The van der Waals surface area contributed by atoms with E-state index in [-0.39, 0.29) is 46.8 Å². The Kier molecular flexibility index (Phi) is 5.44. The summed E-state index contributed by atoms with van der Waals surface area (Å²) in [6.45, 7) is 4.20. The van der Waals surface area contributed by atoms with Crippen molar-refractivity contribution in [3.63, 3.8) is 0 Å². The number of benzene rings is 2. The number of anilines is 1. The fourth-order valence-electron chi connectivity index (χ4n) is 8.70. The number of carboxylic acid groups (broad SMARTS) is 1. The molecule has 6 unspecified atom stereocenters. The zero-order chi connectivity index (χ0) is 27.0. The second kappa shape index (κ2) is 8.30. The van der Waals surface area contributed by atoms with Gasteiger partial charge in [-0.05, 0) is 67.6 Å². The maximum absolute atomic E-state index is 13.9. The van der Waals surface area contributed by atoms with Crippen molar-refractivity contribution in [3.8, 4) is 11.5 Å². The molecule has 2 aliphatic heterocycles. The molecular formula is C30H33NO7. The molecule has 2 aromatic rings. The van der Waals surface area contributed by atoms with Crippen LogP contribution in [0.5, 0.6) is 11.5 Å². The number of carbonyl (C=O) groups excluding carboxylic acids is 2. The van der Waals surface area contributed by atoms with E-state index >= 15 is 0 Å². The highest BCUT2D eigenvalue weighted by molar-refractivity contribution is 6.00. The van der Waals surface area contributed by atoms with Gasteiger partial charge >= 0.3 is 5.97 Å². The molecule has 7 atom stereocenters. The van der Waals surface area contributed by atoms with Crippen LogP contribution in [0.15, 0.2) is 42.5 Å². The molecule has 1 spiro atoms. The summed E-state index contributed by atoms with van der Waals surface area (Å²) in [6, 6.07) is 12.5. The van der Waals surface area contributed by atoms with E-state index < -0.39 is 34.4 Å². The van der Waals surface area contributed by atoms with Crippen LogP contribution in [0.2, 0.25) is 0 Å². The molecule has 0 radical (unpaired) electrons. The smallest absolute Gasteiger partial charge is 0.339 e. The molecule has 1 amide bonds. The summed E-state index contributed by atoms with van der Waals surface area (Å²) in [5.41, 5.74) is -0.586. The lowest BCUT2D eigenvalue weighted by Gasteiger charge is -2.61. The number of rotatable bonds is 6. The number of hydrogen-bond acceptors (Lipinski definition) is 6.